The molecular weight excluding hydrogens is 519 g/mol. The van der Waals surface area contributed by atoms with Crippen LogP contribution in [0.15, 0.2) is 57.9 Å². The molecule has 0 spiro atoms. The monoisotopic (exact) mass is 541 g/mol. The number of anilines is 1. The van der Waals surface area contributed by atoms with Gasteiger partial charge >= 0.3 is 6.18 Å². The Bertz CT molecular complexity index is 1640. The topological polar surface area (TPSA) is 107 Å². The number of ether oxygens (including phenoxy) is 1. The largest absolute Gasteiger partial charge is 0.493 e. The molecule has 38 heavy (non-hydrogen) atoms. The number of benzene rings is 2. The predicted octanol–water partition coefficient (Wildman–Crippen LogP) is 5.98. The number of thiophene rings is 1. The molecule has 0 saturated heterocycles. The zero-order chi connectivity index (χ0) is 27.0. The lowest BCUT2D eigenvalue weighted by molar-refractivity contribution is -0.137. The molecule has 1 aliphatic carbocycles. The highest BCUT2D eigenvalue weighted by atomic mass is 32.1. The lowest BCUT2D eigenvalue weighted by Crippen LogP contribution is -2.22. The minimum absolute atomic E-state index is 0.0371. The maximum atomic E-state index is 13.4. The average molecular weight is 542 g/mol. The van der Waals surface area contributed by atoms with Gasteiger partial charge in [-0.3, -0.25) is 9.59 Å². The van der Waals surface area contributed by atoms with Gasteiger partial charge in [0.1, 0.15) is 10.6 Å². The number of halogens is 3. The van der Waals surface area contributed by atoms with Crippen molar-refractivity contribution in [3.63, 3.8) is 0 Å². The van der Waals surface area contributed by atoms with Crippen LogP contribution in [0.5, 0.6) is 5.75 Å². The Labute approximate surface area is 218 Å². The van der Waals surface area contributed by atoms with Gasteiger partial charge in [0.05, 0.1) is 18.2 Å². The van der Waals surface area contributed by atoms with E-state index in [0.717, 1.165) is 41.8 Å². The number of fused-ring (bicyclic) bond motifs is 2. The number of nitrogens with zero attached hydrogens (tertiary/aromatic N) is 1. The normalized spacial score (nSPS) is 13.8. The molecule has 1 aliphatic rings. The molecule has 196 valence electrons. The molecule has 0 radical (unpaired) electrons. The number of carbonyl (C=O) groups is 2. The molecule has 2 amide bonds. The number of alkyl halides is 3. The number of rotatable bonds is 5. The van der Waals surface area contributed by atoms with E-state index in [0.29, 0.717) is 33.7 Å². The summed E-state index contributed by atoms with van der Waals surface area (Å²) in [7, 11) is 1.47. The molecule has 2 heterocycles. The van der Waals surface area contributed by atoms with Crippen molar-refractivity contribution < 1.29 is 31.9 Å². The number of methoxy groups -OCH3 is 1. The second-order valence-corrected chi connectivity index (χ2v) is 9.83. The van der Waals surface area contributed by atoms with Crippen molar-refractivity contribution in [2.75, 3.05) is 12.4 Å². The van der Waals surface area contributed by atoms with E-state index in [-0.39, 0.29) is 16.8 Å². The standard InChI is InChI=1S/C27H22F3N3O4S/c1-36-19-10-4-6-14-12-18(24(35)32-16-8-5-7-15(13-16)27(28,29)30)25(37-22(14)19)33-26-21(23(31)34)17-9-2-3-11-20(17)38-26/h4-8,10,12-13H,2-3,9,11H2,1H3,(H2,31,34)(H,32,35)/b33-25-. The highest BCUT2D eigenvalue weighted by Crippen LogP contribution is 2.39. The summed E-state index contributed by atoms with van der Waals surface area (Å²) in [6.45, 7) is 0. The minimum Gasteiger partial charge on any atom is -0.493 e. The first-order valence-corrected chi connectivity index (χ1v) is 12.6. The summed E-state index contributed by atoms with van der Waals surface area (Å²) in [4.78, 5) is 31.3. The molecule has 2 aromatic carbocycles. The van der Waals surface area contributed by atoms with Crippen molar-refractivity contribution in [3.05, 3.63) is 81.2 Å². The van der Waals surface area contributed by atoms with E-state index in [1.54, 1.807) is 18.2 Å². The fourth-order valence-electron chi connectivity index (χ4n) is 4.48. The fraction of sp³-hybridized carbons (Fsp3) is 0.222. The van der Waals surface area contributed by atoms with Crippen molar-refractivity contribution in [2.45, 2.75) is 31.9 Å². The molecule has 3 N–H and O–H groups in total. The van der Waals surface area contributed by atoms with Gasteiger partial charge < -0.3 is 20.2 Å². The van der Waals surface area contributed by atoms with E-state index in [9.17, 15) is 22.8 Å². The summed E-state index contributed by atoms with van der Waals surface area (Å²) in [5, 5.41) is 3.33. The molecule has 4 aromatic rings. The predicted molar refractivity (Wildman–Crippen MR) is 137 cm³/mol. The third-order valence-electron chi connectivity index (χ3n) is 6.25. The second-order valence-electron chi connectivity index (χ2n) is 8.74. The summed E-state index contributed by atoms with van der Waals surface area (Å²) in [6.07, 6.45) is -1.18. The number of hydrogen-bond acceptors (Lipinski definition) is 6. The van der Waals surface area contributed by atoms with Gasteiger partial charge in [-0.2, -0.15) is 13.2 Å². The zero-order valence-electron chi connectivity index (χ0n) is 20.1. The first-order valence-electron chi connectivity index (χ1n) is 11.7. The third-order valence-corrected chi connectivity index (χ3v) is 7.44. The summed E-state index contributed by atoms with van der Waals surface area (Å²) >= 11 is 1.31. The van der Waals surface area contributed by atoms with Crippen LogP contribution in [0.3, 0.4) is 0 Å². The number of hydrogen-bond donors (Lipinski definition) is 2. The first kappa shape index (κ1) is 25.5. The molecule has 0 aliphatic heterocycles. The minimum atomic E-state index is -4.57. The Kier molecular flexibility index (Phi) is 6.70. The highest BCUT2D eigenvalue weighted by molar-refractivity contribution is 7.16. The molecular formula is C27H22F3N3O4S. The van der Waals surface area contributed by atoms with Gasteiger partial charge in [-0.25, -0.2) is 4.99 Å². The number of nitrogens with two attached hydrogens (primary N) is 1. The molecule has 11 heteroatoms. The Balaban J connectivity index is 1.68. The average Bonchev–Trinajstić information content (AvgIpc) is 3.25. The van der Waals surface area contributed by atoms with Crippen LogP contribution in [-0.4, -0.2) is 18.9 Å². The van der Waals surface area contributed by atoms with Crippen molar-refractivity contribution in [1.82, 2.24) is 0 Å². The van der Waals surface area contributed by atoms with Gasteiger partial charge in [-0.05, 0) is 61.6 Å². The van der Waals surface area contributed by atoms with E-state index in [1.165, 1.54) is 36.6 Å². The van der Waals surface area contributed by atoms with Crippen LogP contribution < -0.4 is 21.3 Å². The van der Waals surface area contributed by atoms with Gasteiger partial charge in [-0.1, -0.05) is 18.2 Å². The fourth-order valence-corrected chi connectivity index (χ4v) is 5.74. The Hall–Kier alpha value is -4.12. The number of para-hydroxylation sites is 1. The van der Waals surface area contributed by atoms with Gasteiger partial charge in [0.2, 0.25) is 5.55 Å². The summed E-state index contributed by atoms with van der Waals surface area (Å²) in [5.74, 6) is -0.973. The van der Waals surface area contributed by atoms with E-state index in [2.05, 4.69) is 10.3 Å². The number of carbonyl (C=O) groups excluding carboxylic acids is 2. The van der Waals surface area contributed by atoms with Crippen LogP contribution in [0.2, 0.25) is 0 Å². The molecule has 5 rings (SSSR count). The SMILES string of the molecule is COc1cccc2cc(C(=O)Nc3cccc(C(F)(F)F)c3)/c(=N/c3sc4c(c3C(N)=O)CCCC4)oc12. The van der Waals surface area contributed by atoms with Crippen LogP contribution in [-0.2, 0) is 19.0 Å². The molecule has 0 atom stereocenters. The van der Waals surface area contributed by atoms with Gasteiger partial charge in [-0.15, -0.1) is 11.3 Å². The van der Waals surface area contributed by atoms with Crippen LogP contribution in [0.1, 0.15) is 49.6 Å². The van der Waals surface area contributed by atoms with Crippen molar-refractivity contribution >= 4 is 44.8 Å². The molecule has 0 bridgehead atoms. The quantitative estimate of drug-likeness (QED) is 0.324. The van der Waals surface area contributed by atoms with Gasteiger partial charge in [0.25, 0.3) is 11.8 Å². The molecule has 0 fully saturated rings. The molecule has 0 unspecified atom stereocenters. The highest BCUT2D eigenvalue weighted by Gasteiger charge is 2.30. The number of amides is 2. The van der Waals surface area contributed by atoms with Crippen LogP contribution in [0.4, 0.5) is 23.9 Å². The number of primary amides is 1. The van der Waals surface area contributed by atoms with Crippen LogP contribution in [0.25, 0.3) is 11.0 Å². The van der Waals surface area contributed by atoms with Crippen molar-refractivity contribution in [2.24, 2.45) is 10.7 Å². The molecule has 2 aromatic heterocycles. The second kappa shape index (κ2) is 9.97. The van der Waals surface area contributed by atoms with Gasteiger partial charge in [0.15, 0.2) is 11.3 Å². The summed E-state index contributed by atoms with van der Waals surface area (Å²) in [5.41, 5.74) is 6.06. The number of aryl methyl sites for hydroxylation is 1. The van der Waals surface area contributed by atoms with Gasteiger partial charge in [0, 0.05) is 16.0 Å². The molecule has 7 nitrogen and oxygen atoms in total. The maximum absolute atomic E-state index is 13.4. The summed E-state index contributed by atoms with van der Waals surface area (Å²) in [6, 6.07) is 10.9. The Morgan fingerprint density at radius 1 is 1.11 bits per heavy atom. The maximum Gasteiger partial charge on any atom is 0.416 e. The van der Waals surface area contributed by atoms with E-state index in [4.69, 9.17) is 14.9 Å². The van der Waals surface area contributed by atoms with E-state index in [1.807, 2.05) is 0 Å². The first-order chi connectivity index (χ1) is 18.2. The van der Waals surface area contributed by atoms with E-state index < -0.39 is 23.6 Å². The number of nitrogens with one attached hydrogen (secondary N) is 1. The van der Waals surface area contributed by atoms with Crippen LogP contribution in [0, 0.1) is 0 Å². The zero-order valence-corrected chi connectivity index (χ0v) is 21.0. The lowest BCUT2D eigenvalue weighted by Gasteiger charge is -2.11. The Morgan fingerprint density at radius 2 is 1.87 bits per heavy atom. The van der Waals surface area contributed by atoms with E-state index >= 15 is 0 Å². The lowest BCUT2D eigenvalue weighted by atomic mass is 9.95. The molecule has 0 saturated carbocycles. The smallest absolute Gasteiger partial charge is 0.416 e. The van der Waals surface area contributed by atoms with Crippen molar-refractivity contribution in [1.29, 1.82) is 0 Å². The third kappa shape index (κ3) is 4.89. The van der Waals surface area contributed by atoms with Crippen LogP contribution >= 0.6 is 11.3 Å². The Morgan fingerprint density at radius 3 is 2.61 bits per heavy atom. The summed E-state index contributed by atoms with van der Waals surface area (Å²) < 4.78 is 51.0. The van der Waals surface area contributed by atoms with Crippen molar-refractivity contribution in [3.8, 4) is 5.75 Å².